The SMILES string of the molecule is CSCC(=O)N1CC[C@@H]2[C@@H](CCC(=O)N2CCCCO)C1. The Morgan fingerprint density at radius 2 is 2.19 bits per heavy atom. The van der Waals surface area contributed by atoms with Gasteiger partial charge in [-0.25, -0.2) is 0 Å². The molecule has 2 atom stereocenters. The minimum absolute atomic E-state index is 0.188. The zero-order valence-corrected chi connectivity index (χ0v) is 13.6. The number of piperidine rings is 2. The van der Waals surface area contributed by atoms with Crippen molar-refractivity contribution in [2.24, 2.45) is 5.92 Å². The minimum atomic E-state index is 0.188. The predicted octanol–water partition coefficient (Wildman–Crippen LogP) is 0.961. The summed E-state index contributed by atoms with van der Waals surface area (Å²) in [6.07, 6.45) is 5.97. The van der Waals surface area contributed by atoms with Crippen molar-refractivity contribution in [3.8, 4) is 0 Å². The highest BCUT2D eigenvalue weighted by Crippen LogP contribution is 2.31. The molecule has 2 amide bonds. The molecule has 5 nitrogen and oxygen atoms in total. The van der Waals surface area contributed by atoms with Gasteiger partial charge in [0.1, 0.15) is 0 Å². The van der Waals surface area contributed by atoms with Gasteiger partial charge in [-0.1, -0.05) is 0 Å². The predicted molar refractivity (Wildman–Crippen MR) is 84.1 cm³/mol. The minimum Gasteiger partial charge on any atom is -0.396 e. The van der Waals surface area contributed by atoms with Crippen molar-refractivity contribution in [1.82, 2.24) is 9.80 Å². The fourth-order valence-corrected chi connectivity index (χ4v) is 3.91. The van der Waals surface area contributed by atoms with E-state index in [9.17, 15) is 9.59 Å². The summed E-state index contributed by atoms with van der Waals surface area (Å²) < 4.78 is 0. The first-order valence-electron chi connectivity index (χ1n) is 7.84. The third kappa shape index (κ3) is 4.13. The van der Waals surface area contributed by atoms with Gasteiger partial charge in [-0.3, -0.25) is 9.59 Å². The molecule has 2 rings (SSSR count). The van der Waals surface area contributed by atoms with E-state index in [1.165, 1.54) is 0 Å². The number of aliphatic hydroxyl groups excluding tert-OH is 1. The number of carbonyl (C=O) groups is 2. The Hall–Kier alpha value is -0.750. The quantitative estimate of drug-likeness (QED) is 0.742. The van der Waals surface area contributed by atoms with E-state index in [1.54, 1.807) is 11.8 Å². The zero-order chi connectivity index (χ0) is 15.2. The van der Waals surface area contributed by atoms with E-state index in [2.05, 4.69) is 0 Å². The Morgan fingerprint density at radius 3 is 2.90 bits per heavy atom. The number of rotatable bonds is 6. The molecule has 0 aromatic carbocycles. The van der Waals surface area contributed by atoms with Gasteiger partial charge < -0.3 is 14.9 Å². The van der Waals surface area contributed by atoms with Gasteiger partial charge in [-0.15, -0.1) is 0 Å². The summed E-state index contributed by atoms with van der Waals surface area (Å²) >= 11 is 1.57. The molecule has 0 aliphatic carbocycles. The van der Waals surface area contributed by atoms with Crippen LogP contribution in [0.1, 0.15) is 32.1 Å². The molecule has 0 aromatic heterocycles. The van der Waals surface area contributed by atoms with E-state index >= 15 is 0 Å². The van der Waals surface area contributed by atoms with Crippen molar-refractivity contribution >= 4 is 23.6 Å². The van der Waals surface area contributed by atoms with Crippen molar-refractivity contribution in [2.45, 2.75) is 38.1 Å². The monoisotopic (exact) mass is 314 g/mol. The molecule has 0 bridgehead atoms. The number of likely N-dealkylation sites (tertiary alicyclic amines) is 2. The molecule has 6 heteroatoms. The van der Waals surface area contributed by atoms with Crippen molar-refractivity contribution in [1.29, 1.82) is 0 Å². The van der Waals surface area contributed by atoms with Gasteiger partial charge in [-0.2, -0.15) is 11.8 Å². The lowest BCUT2D eigenvalue weighted by Gasteiger charge is -2.47. The maximum absolute atomic E-state index is 12.1. The summed E-state index contributed by atoms with van der Waals surface area (Å²) in [6, 6.07) is 0.295. The van der Waals surface area contributed by atoms with Crippen LogP contribution >= 0.6 is 11.8 Å². The number of hydrogen-bond acceptors (Lipinski definition) is 4. The number of hydrogen-bond donors (Lipinski definition) is 1. The Kier molecular flexibility index (Phi) is 6.36. The first-order chi connectivity index (χ1) is 10.2. The van der Waals surface area contributed by atoms with Crippen molar-refractivity contribution in [3.05, 3.63) is 0 Å². The van der Waals surface area contributed by atoms with E-state index < -0.39 is 0 Å². The maximum atomic E-state index is 12.1. The van der Waals surface area contributed by atoms with Crippen LogP contribution in [0.2, 0.25) is 0 Å². The van der Waals surface area contributed by atoms with Crippen LogP contribution in [0.25, 0.3) is 0 Å². The van der Waals surface area contributed by atoms with Gasteiger partial charge in [-0.05, 0) is 37.9 Å². The molecule has 0 saturated carbocycles. The second kappa shape index (κ2) is 8.03. The normalized spacial score (nSPS) is 25.9. The van der Waals surface area contributed by atoms with Crippen LogP contribution in [0.4, 0.5) is 0 Å². The lowest BCUT2D eigenvalue weighted by Crippen LogP contribution is -2.57. The number of amides is 2. The van der Waals surface area contributed by atoms with Gasteiger partial charge in [0.05, 0.1) is 5.75 Å². The van der Waals surface area contributed by atoms with E-state index in [0.717, 1.165) is 45.3 Å². The smallest absolute Gasteiger partial charge is 0.232 e. The van der Waals surface area contributed by atoms with E-state index in [-0.39, 0.29) is 18.4 Å². The highest BCUT2D eigenvalue weighted by Gasteiger charge is 2.39. The summed E-state index contributed by atoms with van der Waals surface area (Å²) in [5.74, 6) is 1.45. The number of unbranched alkanes of at least 4 members (excludes halogenated alkanes) is 1. The van der Waals surface area contributed by atoms with Crippen molar-refractivity contribution < 1.29 is 14.7 Å². The van der Waals surface area contributed by atoms with Gasteiger partial charge in [0.2, 0.25) is 11.8 Å². The zero-order valence-electron chi connectivity index (χ0n) is 12.8. The molecular formula is C15H26N2O3S. The Labute approximate surface area is 131 Å². The number of fused-ring (bicyclic) bond motifs is 1. The van der Waals surface area contributed by atoms with Crippen LogP contribution < -0.4 is 0 Å². The largest absolute Gasteiger partial charge is 0.396 e. The Morgan fingerprint density at radius 1 is 1.38 bits per heavy atom. The molecule has 0 unspecified atom stereocenters. The van der Waals surface area contributed by atoms with Crippen LogP contribution in [-0.2, 0) is 9.59 Å². The molecule has 2 saturated heterocycles. The van der Waals surface area contributed by atoms with Crippen LogP contribution in [-0.4, -0.2) is 71.0 Å². The van der Waals surface area contributed by atoms with Crippen LogP contribution in [0, 0.1) is 5.92 Å². The van der Waals surface area contributed by atoms with Gasteiger partial charge in [0.25, 0.3) is 0 Å². The third-order valence-electron chi connectivity index (χ3n) is 4.57. The first-order valence-corrected chi connectivity index (χ1v) is 9.23. The molecule has 2 fully saturated rings. The average molecular weight is 314 g/mol. The molecule has 0 aromatic rings. The van der Waals surface area contributed by atoms with Crippen molar-refractivity contribution in [2.75, 3.05) is 38.2 Å². The van der Waals surface area contributed by atoms with E-state index in [0.29, 0.717) is 24.1 Å². The van der Waals surface area contributed by atoms with Crippen LogP contribution in [0.5, 0.6) is 0 Å². The lowest BCUT2D eigenvalue weighted by molar-refractivity contribution is -0.143. The summed E-state index contributed by atoms with van der Waals surface area (Å²) in [6.45, 7) is 2.50. The standard InChI is InChI=1S/C15H26N2O3S/c1-21-11-15(20)16-8-6-13-12(10-16)4-5-14(19)17(13)7-2-3-9-18/h12-13,18H,2-11H2,1H3/t12-,13+/m0/s1. The Balaban J connectivity index is 1.93. The molecule has 2 heterocycles. The molecule has 2 aliphatic rings. The molecule has 2 aliphatic heterocycles. The maximum Gasteiger partial charge on any atom is 0.232 e. The third-order valence-corrected chi connectivity index (χ3v) is 5.11. The molecular weight excluding hydrogens is 288 g/mol. The fraction of sp³-hybridized carbons (Fsp3) is 0.867. The molecule has 21 heavy (non-hydrogen) atoms. The first kappa shape index (κ1) is 16.6. The van der Waals surface area contributed by atoms with Crippen LogP contribution in [0.15, 0.2) is 0 Å². The number of carbonyl (C=O) groups excluding carboxylic acids is 2. The summed E-state index contributed by atoms with van der Waals surface area (Å²) in [5.41, 5.74) is 0. The van der Waals surface area contributed by atoms with Gasteiger partial charge >= 0.3 is 0 Å². The Bertz CT molecular complexity index is 378. The second-order valence-electron chi connectivity index (χ2n) is 5.95. The van der Waals surface area contributed by atoms with Crippen LogP contribution in [0.3, 0.4) is 0 Å². The summed E-state index contributed by atoms with van der Waals surface area (Å²) in [5, 5.41) is 8.89. The lowest BCUT2D eigenvalue weighted by atomic mass is 9.83. The average Bonchev–Trinajstić information content (AvgIpc) is 2.49. The molecule has 0 spiro atoms. The summed E-state index contributed by atoms with van der Waals surface area (Å²) in [7, 11) is 0. The fourth-order valence-electron chi connectivity index (χ4n) is 3.48. The summed E-state index contributed by atoms with van der Waals surface area (Å²) in [4.78, 5) is 28.2. The molecule has 1 N–H and O–H groups in total. The molecule has 120 valence electrons. The van der Waals surface area contributed by atoms with E-state index in [1.807, 2.05) is 16.1 Å². The highest BCUT2D eigenvalue weighted by atomic mass is 32.2. The number of aliphatic hydroxyl groups is 1. The second-order valence-corrected chi connectivity index (χ2v) is 6.81. The van der Waals surface area contributed by atoms with Gasteiger partial charge in [0.15, 0.2) is 0 Å². The topological polar surface area (TPSA) is 60.9 Å². The molecule has 0 radical (unpaired) electrons. The van der Waals surface area contributed by atoms with E-state index in [4.69, 9.17) is 5.11 Å². The number of thioether (sulfide) groups is 1. The highest BCUT2D eigenvalue weighted by molar-refractivity contribution is 7.99. The van der Waals surface area contributed by atoms with Gasteiger partial charge in [0, 0.05) is 38.7 Å². The number of nitrogens with zero attached hydrogens (tertiary/aromatic N) is 2. The van der Waals surface area contributed by atoms with Crippen molar-refractivity contribution in [3.63, 3.8) is 0 Å².